The zero-order chi connectivity index (χ0) is 88.6. The first-order valence-corrected chi connectivity index (χ1v) is 42.6. The maximum atomic E-state index is 9.23. The topological polar surface area (TPSA) is 186 Å². The molecule has 620 valence electrons. The summed E-state index contributed by atoms with van der Waals surface area (Å²) >= 11 is 0. The molecule has 0 aliphatic carbocycles. The molecule has 17 aromatic carbocycles. The second-order valence-electron chi connectivity index (χ2n) is 30.9. The van der Waals surface area contributed by atoms with Crippen molar-refractivity contribution in [2.24, 2.45) is 0 Å². The molecule has 0 saturated carbocycles. The van der Waals surface area contributed by atoms with Gasteiger partial charge in [0.2, 0.25) is 0 Å². The third-order valence-electron chi connectivity index (χ3n) is 22.6. The zero-order valence-corrected chi connectivity index (χ0v) is 70.4. The molecule has 0 amide bonds. The quantitative estimate of drug-likeness (QED) is 0.0935. The van der Waals surface area contributed by atoms with Gasteiger partial charge in [0, 0.05) is 67.1 Å². The van der Waals surface area contributed by atoms with Gasteiger partial charge in [-0.25, -0.2) is 54.5 Å². The standard InChI is InChI=1S/C45H30N4O.C35H20N6O.C34H21N5O/c1-3-13-31(14-4-1)34-17-11-19-36(29-34)44-46-43(47-45(48-44)37-20-12-18-35(30-37)32-15-5-2-6-16-32)33-25-27-38(28-26-33)49-39-21-7-9-23-41(39)50-42-24-10-8-22-40(42)49;1-37-27-18-14-25(15-19-27)34-38-33(24-12-10-23(22-36)11-13-24)39-35(40-34)26-16-20-28(21-17-26)41-29-6-2-4-8-31(29)42-32-9-5-3-7-30(32)41;1-35-26-19-15-24(16-20-26)33-36-32(23-9-3-2-4-10-23)37-34(38-33)25-17-21-27(22-18-25)39-28-11-5-7-13-30(28)40-31-14-8-6-12-29(31)39/h1-30H;2-21H;2-22H. The minimum Gasteiger partial charge on any atom is -0.453 e. The summed E-state index contributed by atoms with van der Waals surface area (Å²) in [7, 11) is 0. The number of benzene rings is 17. The largest absolute Gasteiger partial charge is 0.453 e. The van der Waals surface area contributed by atoms with E-state index >= 15 is 0 Å². The van der Waals surface area contributed by atoms with Gasteiger partial charge >= 0.3 is 0 Å². The van der Waals surface area contributed by atoms with E-state index in [-0.39, 0.29) is 0 Å². The third kappa shape index (κ3) is 16.5. The molecule has 3 aliphatic rings. The number of para-hydroxylation sites is 12. The first kappa shape index (κ1) is 80.2. The van der Waals surface area contributed by atoms with Crippen molar-refractivity contribution in [1.29, 1.82) is 5.26 Å². The number of hydrogen-bond acceptors (Lipinski definition) is 16. The van der Waals surface area contributed by atoms with E-state index in [9.17, 15) is 5.26 Å². The van der Waals surface area contributed by atoms with Crippen molar-refractivity contribution in [3.8, 4) is 165 Å². The molecule has 0 saturated heterocycles. The number of hydrogen-bond donors (Lipinski definition) is 0. The number of fused-ring (bicyclic) bond motifs is 6. The first-order valence-electron chi connectivity index (χ1n) is 42.6. The normalized spacial score (nSPS) is 11.6. The molecule has 18 heteroatoms. The number of anilines is 9. The Morgan fingerprint density at radius 3 is 0.644 bits per heavy atom. The summed E-state index contributed by atoms with van der Waals surface area (Å²) in [6.07, 6.45) is 0. The van der Waals surface area contributed by atoms with E-state index < -0.39 is 0 Å². The van der Waals surface area contributed by atoms with E-state index in [0.717, 1.165) is 158 Å². The van der Waals surface area contributed by atoms with E-state index in [4.69, 9.17) is 72.2 Å². The third-order valence-corrected chi connectivity index (χ3v) is 22.6. The van der Waals surface area contributed by atoms with Crippen LogP contribution in [0.3, 0.4) is 0 Å². The fraction of sp³-hybridized carbons (Fsp3) is 0. The Kier molecular flexibility index (Phi) is 21.8. The molecule has 20 aromatic rings. The van der Waals surface area contributed by atoms with Crippen LogP contribution in [-0.4, -0.2) is 44.9 Å². The molecule has 0 bridgehead atoms. The highest BCUT2D eigenvalue weighted by Crippen LogP contribution is 2.54. The predicted molar refractivity (Wildman–Crippen MR) is 521 cm³/mol. The van der Waals surface area contributed by atoms with Crippen molar-refractivity contribution in [3.63, 3.8) is 0 Å². The molecular formula is C114H71N15O3. The summed E-state index contributed by atoms with van der Waals surface area (Å²) in [6.45, 7) is 14.5. The summed E-state index contributed by atoms with van der Waals surface area (Å²) in [5, 5.41) is 9.23. The Bertz CT molecular complexity index is 7520. The van der Waals surface area contributed by atoms with Crippen LogP contribution in [0.15, 0.2) is 431 Å². The molecule has 0 radical (unpaired) electrons. The summed E-state index contributed by atoms with van der Waals surface area (Å²) in [6, 6.07) is 144. The average Bonchev–Trinajstić information content (AvgIpc) is 0.765. The average molecular weight is 1700 g/mol. The summed E-state index contributed by atoms with van der Waals surface area (Å²) in [4.78, 5) is 57.6. The Morgan fingerprint density at radius 1 is 0.197 bits per heavy atom. The van der Waals surface area contributed by atoms with Crippen LogP contribution in [0.5, 0.6) is 34.5 Å². The molecular weight excluding hydrogens is 1630 g/mol. The monoisotopic (exact) mass is 1700 g/mol. The van der Waals surface area contributed by atoms with Gasteiger partial charge in [-0.05, 0) is 204 Å². The van der Waals surface area contributed by atoms with Gasteiger partial charge in [-0.1, -0.05) is 249 Å². The van der Waals surface area contributed by atoms with Gasteiger partial charge in [0.25, 0.3) is 0 Å². The van der Waals surface area contributed by atoms with Crippen LogP contribution in [0.2, 0.25) is 0 Å². The van der Waals surface area contributed by atoms with Gasteiger partial charge in [0.05, 0.1) is 58.9 Å². The fourth-order valence-electron chi connectivity index (χ4n) is 16.1. The summed E-state index contributed by atoms with van der Waals surface area (Å²) in [5.74, 6) is 9.91. The molecule has 23 rings (SSSR count). The predicted octanol–water partition coefficient (Wildman–Crippen LogP) is 29.7. The van der Waals surface area contributed by atoms with Gasteiger partial charge in [-0.15, -0.1) is 0 Å². The van der Waals surface area contributed by atoms with Crippen molar-refractivity contribution >= 4 is 62.6 Å². The number of ether oxygens (including phenoxy) is 3. The van der Waals surface area contributed by atoms with Crippen LogP contribution in [0.25, 0.3) is 134 Å². The minimum absolute atomic E-state index is 0.494. The molecule has 18 nitrogen and oxygen atoms in total. The van der Waals surface area contributed by atoms with Gasteiger partial charge in [0.1, 0.15) is 0 Å². The van der Waals surface area contributed by atoms with Crippen molar-refractivity contribution in [1.82, 2.24) is 44.9 Å². The molecule has 0 spiro atoms. The zero-order valence-electron chi connectivity index (χ0n) is 70.4. The molecule has 132 heavy (non-hydrogen) atoms. The highest BCUT2D eigenvalue weighted by atomic mass is 16.5. The van der Waals surface area contributed by atoms with Crippen LogP contribution in [-0.2, 0) is 0 Å². The van der Waals surface area contributed by atoms with Crippen molar-refractivity contribution in [2.45, 2.75) is 0 Å². The van der Waals surface area contributed by atoms with Crippen molar-refractivity contribution in [2.75, 3.05) is 14.7 Å². The second kappa shape index (κ2) is 35.9. The Morgan fingerprint density at radius 2 is 0.394 bits per heavy atom. The van der Waals surface area contributed by atoms with Gasteiger partial charge in [-0.3, -0.25) is 0 Å². The Labute approximate surface area is 761 Å². The first-order chi connectivity index (χ1) is 65.2. The van der Waals surface area contributed by atoms with Crippen molar-refractivity contribution < 1.29 is 14.2 Å². The maximum absolute atomic E-state index is 9.23. The second-order valence-corrected chi connectivity index (χ2v) is 30.9. The van der Waals surface area contributed by atoms with E-state index in [1.807, 2.05) is 237 Å². The molecule has 6 heterocycles. The van der Waals surface area contributed by atoms with Crippen LogP contribution in [0, 0.1) is 24.5 Å². The van der Waals surface area contributed by atoms with E-state index in [2.05, 4.69) is 188 Å². The molecule has 0 N–H and O–H groups in total. The lowest BCUT2D eigenvalue weighted by molar-refractivity contribution is 0.477. The minimum atomic E-state index is 0.494. The van der Waals surface area contributed by atoms with Crippen LogP contribution in [0.4, 0.5) is 62.6 Å². The SMILES string of the molecule is [C-]#[N+]c1ccc(-c2nc(-c3ccc(C#N)cc3)nc(-c3ccc(N4c5ccccc5Oc5ccccc54)cc3)n2)cc1.[C-]#[N+]c1ccc(-c2nc(-c3ccccc3)nc(-c3ccc(N4c5ccccc5Oc5ccccc54)cc3)n2)cc1.c1ccc(-c2cccc(-c3nc(-c4ccc(N5c6ccccc6Oc6ccccc65)cc4)nc(-c4cccc(-c5ccccc5)c4)n3)c2)cc1. The van der Waals surface area contributed by atoms with Crippen molar-refractivity contribution in [3.05, 3.63) is 459 Å². The van der Waals surface area contributed by atoms with Gasteiger partial charge in [-0.2, -0.15) is 5.26 Å². The number of rotatable bonds is 14. The van der Waals surface area contributed by atoms with Crippen LogP contribution < -0.4 is 28.9 Å². The smallest absolute Gasteiger partial charge is 0.187 e. The van der Waals surface area contributed by atoms with E-state index in [0.29, 0.717) is 69.4 Å². The number of aromatic nitrogens is 9. The fourth-order valence-corrected chi connectivity index (χ4v) is 16.1. The summed E-state index contributed by atoms with van der Waals surface area (Å²) in [5.41, 5.74) is 22.7. The molecule has 0 fully saturated rings. The Balaban J connectivity index is 0.000000120. The highest BCUT2D eigenvalue weighted by Gasteiger charge is 2.30. The number of nitriles is 1. The lowest BCUT2D eigenvalue weighted by Crippen LogP contribution is -2.15. The molecule has 0 atom stereocenters. The number of nitrogens with zero attached hydrogens (tertiary/aromatic N) is 15. The van der Waals surface area contributed by atoms with E-state index in [1.54, 1.807) is 36.4 Å². The van der Waals surface area contributed by atoms with Gasteiger partial charge < -0.3 is 28.9 Å². The Hall–Kier alpha value is -19.0. The molecule has 3 aliphatic heterocycles. The van der Waals surface area contributed by atoms with Gasteiger partial charge in [0.15, 0.2) is 98.3 Å². The molecule has 3 aromatic heterocycles. The lowest BCUT2D eigenvalue weighted by Gasteiger charge is -2.32. The maximum Gasteiger partial charge on any atom is 0.187 e. The highest BCUT2D eigenvalue weighted by molar-refractivity contribution is 5.91. The summed E-state index contributed by atoms with van der Waals surface area (Å²) < 4.78 is 18.6. The van der Waals surface area contributed by atoms with Crippen LogP contribution >= 0.6 is 0 Å². The van der Waals surface area contributed by atoms with E-state index in [1.165, 1.54) is 0 Å². The molecule has 0 unspecified atom stereocenters. The lowest BCUT2D eigenvalue weighted by atomic mass is 10.0. The van der Waals surface area contributed by atoms with Crippen LogP contribution in [0.1, 0.15) is 5.56 Å².